The Kier molecular flexibility index (Phi) is 3.64. The molecule has 0 radical (unpaired) electrons. The van der Waals surface area contributed by atoms with Gasteiger partial charge in [0, 0.05) is 12.1 Å². The van der Waals surface area contributed by atoms with E-state index in [1.54, 1.807) is 30.5 Å². The summed E-state index contributed by atoms with van der Waals surface area (Å²) in [7, 11) is 0. The topological polar surface area (TPSA) is 81.3 Å². The molecule has 3 N–H and O–H groups in total. The minimum Gasteiger partial charge on any atom is -0.437 e. The van der Waals surface area contributed by atoms with Crippen molar-refractivity contribution in [1.82, 2.24) is 10.2 Å². The minimum atomic E-state index is -0.0264. The van der Waals surface area contributed by atoms with E-state index in [9.17, 15) is 0 Å². The van der Waals surface area contributed by atoms with Crippen LogP contribution in [0.4, 0.5) is 0 Å². The number of aliphatic hydroxyl groups is 1. The van der Waals surface area contributed by atoms with Crippen LogP contribution in [0.15, 0.2) is 36.5 Å². The highest BCUT2D eigenvalue weighted by Crippen LogP contribution is 2.22. The highest BCUT2D eigenvalue weighted by molar-refractivity contribution is 5.33. The van der Waals surface area contributed by atoms with Gasteiger partial charge in [-0.25, -0.2) is 0 Å². The normalized spacial score (nSPS) is 10.2. The molecule has 2 rings (SSSR count). The van der Waals surface area contributed by atoms with Crippen molar-refractivity contribution in [3.8, 4) is 11.6 Å². The molecule has 1 aromatic carbocycles. The predicted octanol–water partition coefficient (Wildman–Crippen LogP) is 1.22. The van der Waals surface area contributed by atoms with E-state index in [0.29, 0.717) is 18.2 Å². The fourth-order valence-electron chi connectivity index (χ4n) is 1.40. The Bertz CT molecular complexity index is 503. The molecule has 0 bridgehead atoms. The van der Waals surface area contributed by atoms with E-state index in [4.69, 9.17) is 15.6 Å². The van der Waals surface area contributed by atoms with E-state index >= 15 is 0 Å². The molecule has 0 fully saturated rings. The van der Waals surface area contributed by atoms with Crippen molar-refractivity contribution in [2.45, 2.75) is 13.2 Å². The fourth-order valence-corrected chi connectivity index (χ4v) is 1.40. The zero-order valence-electron chi connectivity index (χ0n) is 9.21. The molecule has 0 aliphatic heterocycles. The number of aromatic nitrogens is 2. The van der Waals surface area contributed by atoms with Crippen molar-refractivity contribution in [2.75, 3.05) is 0 Å². The molecule has 5 nitrogen and oxygen atoms in total. The van der Waals surface area contributed by atoms with Gasteiger partial charge in [0.2, 0.25) is 5.88 Å². The first kappa shape index (κ1) is 11.5. The van der Waals surface area contributed by atoms with Crippen molar-refractivity contribution in [3.63, 3.8) is 0 Å². The van der Waals surface area contributed by atoms with Gasteiger partial charge in [-0.1, -0.05) is 12.1 Å². The maximum Gasteiger partial charge on any atom is 0.243 e. The van der Waals surface area contributed by atoms with Gasteiger partial charge in [0.05, 0.1) is 12.8 Å². The Morgan fingerprint density at radius 3 is 2.94 bits per heavy atom. The van der Waals surface area contributed by atoms with Gasteiger partial charge in [0.1, 0.15) is 5.75 Å². The highest BCUT2D eigenvalue weighted by Gasteiger charge is 2.05. The molecule has 17 heavy (non-hydrogen) atoms. The van der Waals surface area contributed by atoms with Crippen LogP contribution in [0, 0.1) is 0 Å². The zero-order chi connectivity index (χ0) is 12.1. The monoisotopic (exact) mass is 231 g/mol. The average molecular weight is 231 g/mol. The number of hydrogen-bond donors (Lipinski definition) is 2. The van der Waals surface area contributed by atoms with Gasteiger partial charge in [-0.15, -0.1) is 5.10 Å². The lowest BCUT2D eigenvalue weighted by Crippen LogP contribution is -2.02. The Morgan fingerprint density at radius 2 is 2.18 bits per heavy atom. The van der Waals surface area contributed by atoms with E-state index in [-0.39, 0.29) is 6.61 Å². The summed E-state index contributed by atoms with van der Waals surface area (Å²) in [6.07, 6.45) is 1.57. The third-order valence-corrected chi connectivity index (χ3v) is 2.28. The average Bonchev–Trinajstić information content (AvgIpc) is 2.39. The van der Waals surface area contributed by atoms with Crippen LogP contribution >= 0.6 is 0 Å². The van der Waals surface area contributed by atoms with Crippen LogP contribution in [0.1, 0.15) is 11.1 Å². The van der Waals surface area contributed by atoms with Gasteiger partial charge >= 0.3 is 0 Å². The molecule has 0 unspecified atom stereocenters. The first-order valence-electron chi connectivity index (χ1n) is 5.22. The van der Waals surface area contributed by atoms with Gasteiger partial charge in [-0.2, -0.15) is 5.10 Å². The SMILES string of the molecule is NCc1ccnnc1Oc1cccc(CO)c1. The second-order valence-corrected chi connectivity index (χ2v) is 3.47. The van der Waals surface area contributed by atoms with Crippen molar-refractivity contribution in [1.29, 1.82) is 0 Å². The maximum atomic E-state index is 9.03. The van der Waals surface area contributed by atoms with E-state index in [2.05, 4.69) is 10.2 Å². The summed E-state index contributed by atoms with van der Waals surface area (Å²) in [5.74, 6) is 0.997. The molecule has 0 atom stereocenters. The summed E-state index contributed by atoms with van der Waals surface area (Å²) in [5, 5.41) is 16.7. The number of aliphatic hydroxyl groups excluding tert-OH is 1. The number of hydrogen-bond acceptors (Lipinski definition) is 5. The Morgan fingerprint density at radius 1 is 1.29 bits per heavy atom. The lowest BCUT2D eigenvalue weighted by atomic mass is 10.2. The second-order valence-electron chi connectivity index (χ2n) is 3.47. The molecule has 0 aliphatic rings. The first-order valence-corrected chi connectivity index (χ1v) is 5.22. The molecule has 0 spiro atoms. The summed E-state index contributed by atoms with van der Waals surface area (Å²) in [4.78, 5) is 0. The van der Waals surface area contributed by atoms with Crippen LogP contribution in [0.3, 0.4) is 0 Å². The third kappa shape index (κ3) is 2.77. The van der Waals surface area contributed by atoms with Gasteiger partial charge < -0.3 is 15.6 Å². The fraction of sp³-hybridized carbons (Fsp3) is 0.167. The van der Waals surface area contributed by atoms with Crippen molar-refractivity contribution in [2.24, 2.45) is 5.73 Å². The van der Waals surface area contributed by atoms with Crippen LogP contribution in [0.25, 0.3) is 0 Å². The zero-order valence-corrected chi connectivity index (χ0v) is 9.21. The number of benzene rings is 1. The van der Waals surface area contributed by atoms with E-state index in [1.807, 2.05) is 6.07 Å². The summed E-state index contributed by atoms with van der Waals surface area (Å²) >= 11 is 0. The summed E-state index contributed by atoms with van der Waals surface area (Å²) < 4.78 is 5.58. The molecular formula is C12H13N3O2. The summed E-state index contributed by atoms with van der Waals surface area (Å²) in [6.45, 7) is 0.311. The molecule has 5 heteroatoms. The van der Waals surface area contributed by atoms with Crippen LogP contribution < -0.4 is 10.5 Å². The van der Waals surface area contributed by atoms with Gasteiger partial charge in [0.15, 0.2) is 0 Å². The standard InChI is InChI=1S/C12H13N3O2/c13-7-10-4-5-14-15-12(10)17-11-3-1-2-9(6-11)8-16/h1-6,16H,7-8,13H2. The number of rotatable bonds is 4. The van der Waals surface area contributed by atoms with Crippen LogP contribution in [-0.4, -0.2) is 15.3 Å². The van der Waals surface area contributed by atoms with Crippen molar-refractivity contribution in [3.05, 3.63) is 47.7 Å². The predicted molar refractivity (Wildman–Crippen MR) is 62.4 cm³/mol. The maximum absolute atomic E-state index is 9.03. The lowest BCUT2D eigenvalue weighted by Gasteiger charge is -2.08. The first-order chi connectivity index (χ1) is 8.33. The van der Waals surface area contributed by atoms with Crippen LogP contribution in [-0.2, 0) is 13.2 Å². The quantitative estimate of drug-likeness (QED) is 0.826. The molecule has 0 amide bonds. The third-order valence-electron chi connectivity index (χ3n) is 2.28. The van der Waals surface area contributed by atoms with Crippen LogP contribution in [0.2, 0.25) is 0 Å². The molecule has 2 aromatic rings. The molecule has 88 valence electrons. The van der Waals surface area contributed by atoms with Crippen molar-refractivity contribution < 1.29 is 9.84 Å². The van der Waals surface area contributed by atoms with Gasteiger partial charge in [-0.3, -0.25) is 0 Å². The Balaban J connectivity index is 2.24. The highest BCUT2D eigenvalue weighted by atomic mass is 16.5. The molecule has 1 aromatic heterocycles. The van der Waals surface area contributed by atoms with E-state index in [1.165, 1.54) is 0 Å². The molecule has 0 saturated carbocycles. The second kappa shape index (κ2) is 5.38. The Labute approximate surface area is 98.9 Å². The molecular weight excluding hydrogens is 218 g/mol. The van der Waals surface area contributed by atoms with Crippen molar-refractivity contribution >= 4 is 0 Å². The van der Waals surface area contributed by atoms with Crippen LogP contribution in [0.5, 0.6) is 11.6 Å². The minimum absolute atomic E-state index is 0.0264. The number of nitrogens with zero attached hydrogens (tertiary/aromatic N) is 2. The largest absolute Gasteiger partial charge is 0.437 e. The van der Waals surface area contributed by atoms with E-state index in [0.717, 1.165) is 11.1 Å². The smallest absolute Gasteiger partial charge is 0.243 e. The van der Waals surface area contributed by atoms with Gasteiger partial charge in [0.25, 0.3) is 0 Å². The summed E-state index contributed by atoms with van der Waals surface area (Å²) in [5.41, 5.74) is 7.14. The number of ether oxygens (including phenoxy) is 1. The summed E-state index contributed by atoms with van der Waals surface area (Å²) in [6, 6.07) is 8.91. The lowest BCUT2D eigenvalue weighted by molar-refractivity contribution is 0.281. The number of nitrogens with two attached hydrogens (primary N) is 1. The molecule has 1 heterocycles. The molecule has 0 saturated heterocycles. The molecule has 0 aliphatic carbocycles. The Hall–Kier alpha value is -1.98. The van der Waals surface area contributed by atoms with E-state index < -0.39 is 0 Å². The van der Waals surface area contributed by atoms with Gasteiger partial charge in [-0.05, 0) is 23.8 Å².